The van der Waals surface area contributed by atoms with Crippen molar-refractivity contribution < 1.29 is 14.3 Å². The smallest absolute Gasteiger partial charge is 0.341 e. The number of esters is 1. The van der Waals surface area contributed by atoms with Gasteiger partial charge in [0.2, 0.25) is 0 Å². The zero-order valence-electron chi connectivity index (χ0n) is 15.0. The molecular weight excluding hydrogens is 422 g/mol. The molecule has 3 aromatic heterocycles. The Morgan fingerprint density at radius 1 is 1.14 bits per heavy atom. The second-order valence-corrected chi connectivity index (χ2v) is 6.85. The Hall–Kier alpha value is -3.19. The highest BCUT2D eigenvalue weighted by Crippen LogP contribution is 2.31. The number of hydrogen-bond donors (Lipinski definition) is 0. The van der Waals surface area contributed by atoms with Crippen molar-refractivity contribution in [3.63, 3.8) is 0 Å². The van der Waals surface area contributed by atoms with E-state index in [1.54, 1.807) is 10.7 Å². The van der Waals surface area contributed by atoms with Gasteiger partial charge in [-0.2, -0.15) is 5.10 Å². The van der Waals surface area contributed by atoms with Gasteiger partial charge in [0.05, 0.1) is 19.0 Å². The molecule has 1 aromatic carbocycles. The van der Waals surface area contributed by atoms with Crippen LogP contribution in [-0.4, -0.2) is 27.7 Å². The zero-order chi connectivity index (χ0) is 19.5. The van der Waals surface area contributed by atoms with Gasteiger partial charge >= 0.3 is 5.97 Å². The van der Waals surface area contributed by atoms with Gasteiger partial charge in [-0.3, -0.25) is 0 Å². The van der Waals surface area contributed by atoms with E-state index in [0.717, 1.165) is 16.8 Å². The van der Waals surface area contributed by atoms with Gasteiger partial charge in [0.1, 0.15) is 28.0 Å². The Kier molecular flexibility index (Phi) is 5.08. The number of aromatic nitrogens is 3. The minimum Gasteiger partial charge on any atom is -0.487 e. The van der Waals surface area contributed by atoms with Crippen molar-refractivity contribution in [2.75, 3.05) is 7.11 Å². The summed E-state index contributed by atoms with van der Waals surface area (Å²) in [6.07, 6.45) is 3.20. The molecule has 0 aliphatic heterocycles. The fourth-order valence-electron chi connectivity index (χ4n) is 2.96. The summed E-state index contributed by atoms with van der Waals surface area (Å²) in [6.45, 7) is 0.377. The molecule has 0 radical (unpaired) electrons. The highest BCUT2D eigenvalue weighted by Gasteiger charge is 2.20. The van der Waals surface area contributed by atoms with Crippen LogP contribution >= 0.6 is 15.9 Å². The Labute approximate surface area is 169 Å². The number of benzene rings is 1. The van der Waals surface area contributed by atoms with Crippen molar-refractivity contribution in [1.29, 1.82) is 0 Å². The first-order valence-electron chi connectivity index (χ1n) is 8.55. The molecule has 0 saturated carbocycles. The van der Waals surface area contributed by atoms with E-state index in [4.69, 9.17) is 9.47 Å². The van der Waals surface area contributed by atoms with Crippen LogP contribution in [0.25, 0.3) is 16.8 Å². The van der Waals surface area contributed by atoms with Gasteiger partial charge in [0, 0.05) is 11.8 Å². The molecule has 4 aromatic rings. The van der Waals surface area contributed by atoms with Crippen molar-refractivity contribution in [2.24, 2.45) is 0 Å². The van der Waals surface area contributed by atoms with Gasteiger partial charge in [0.15, 0.2) is 0 Å². The Balaban J connectivity index is 1.82. The first-order valence-corrected chi connectivity index (χ1v) is 9.34. The summed E-state index contributed by atoms with van der Waals surface area (Å²) in [6, 6.07) is 17.3. The van der Waals surface area contributed by atoms with Crippen molar-refractivity contribution in [2.45, 2.75) is 6.61 Å². The van der Waals surface area contributed by atoms with E-state index in [2.05, 4.69) is 26.0 Å². The number of pyridine rings is 2. The molecule has 6 nitrogen and oxygen atoms in total. The van der Waals surface area contributed by atoms with E-state index in [9.17, 15) is 4.79 Å². The van der Waals surface area contributed by atoms with E-state index < -0.39 is 5.97 Å². The van der Waals surface area contributed by atoms with Crippen molar-refractivity contribution in [3.05, 3.63) is 82.7 Å². The van der Waals surface area contributed by atoms with Crippen LogP contribution in [0.1, 0.15) is 15.9 Å². The van der Waals surface area contributed by atoms with Crippen LogP contribution in [0, 0.1) is 0 Å². The number of carbonyl (C=O) groups is 1. The van der Waals surface area contributed by atoms with Gasteiger partial charge < -0.3 is 9.47 Å². The zero-order valence-corrected chi connectivity index (χ0v) is 16.6. The van der Waals surface area contributed by atoms with E-state index in [1.807, 2.05) is 54.6 Å². The Morgan fingerprint density at radius 3 is 2.71 bits per heavy atom. The molecule has 0 N–H and O–H groups in total. The molecule has 0 spiro atoms. The fourth-order valence-corrected chi connectivity index (χ4v) is 3.33. The number of hydrogen-bond acceptors (Lipinski definition) is 5. The molecule has 4 rings (SSSR count). The molecule has 0 unspecified atom stereocenters. The predicted octanol–water partition coefficient (Wildman–Crippen LogP) is 4.52. The van der Waals surface area contributed by atoms with Crippen molar-refractivity contribution >= 4 is 27.4 Å². The van der Waals surface area contributed by atoms with Crippen LogP contribution in [-0.2, 0) is 11.3 Å². The van der Waals surface area contributed by atoms with Crippen LogP contribution in [0.15, 0.2) is 71.6 Å². The van der Waals surface area contributed by atoms with Crippen LogP contribution in [0.4, 0.5) is 0 Å². The summed E-state index contributed by atoms with van der Waals surface area (Å²) in [5, 5.41) is 4.41. The van der Waals surface area contributed by atoms with E-state index in [-0.39, 0.29) is 0 Å². The number of carbonyl (C=O) groups excluding carboxylic acids is 1. The Morgan fingerprint density at radius 2 is 1.96 bits per heavy atom. The van der Waals surface area contributed by atoms with Crippen molar-refractivity contribution in [1.82, 2.24) is 14.6 Å². The predicted molar refractivity (Wildman–Crippen MR) is 108 cm³/mol. The van der Waals surface area contributed by atoms with E-state index in [0.29, 0.717) is 28.0 Å². The van der Waals surface area contributed by atoms with E-state index >= 15 is 0 Å². The molecule has 0 aliphatic rings. The molecule has 7 heteroatoms. The topological polar surface area (TPSA) is 65.7 Å². The SMILES string of the molecule is COC(=O)c1cnn2c(-c3ccnc(Br)c3)ccc(OCc3ccccc3)c12. The molecule has 3 heterocycles. The molecule has 0 saturated heterocycles. The second kappa shape index (κ2) is 7.82. The minimum absolute atomic E-state index is 0.348. The normalized spacial score (nSPS) is 10.8. The first kappa shape index (κ1) is 18.2. The maximum absolute atomic E-state index is 12.3. The molecule has 0 atom stereocenters. The highest BCUT2D eigenvalue weighted by atomic mass is 79.9. The maximum Gasteiger partial charge on any atom is 0.341 e. The summed E-state index contributed by atoms with van der Waals surface area (Å²) in [5.41, 5.74) is 3.65. The molecule has 0 fully saturated rings. The highest BCUT2D eigenvalue weighted by molar-refractivity contribution is 9.10. The standard InChI is InChI=1S/C21H16BrN3O3/c1-27-21(26)16-12-24-25-17(15-9-10-23-19(22)11-15)7-8-18(20(16)25)28-13-14-5-3-2-4-6-14/h2-12H,13H2,1H3. The number of halogens is 1. The van der Waals surface area contributed by atoms with Crippen LogP contribution in [0.2, 0.25) is 0 Å². The van der Waals surface area contributed by atoms with Gasteiger partial charge in [-0.05, 0) is 45.8 Å². The lowest BCUT2D eigenvalue weighted by Gasteiger charge is -2.12. The molecule has 0 bridgehead atoms. The van der Waals surface area contributed by atoms with Crippen molar-refractivity contribution in [3.8, 4) is 17.0 Å². The number of methoxy groups -OCH3 is 1. The van der Waals surface area contributed by atoms with Crippen LogP contribution in [0.5, 0.6) is 5.75 Å². The summed E-state index contributed by atoms with van der Waals surface area (Å²) in [4.78, 5) is 16.4. The average Bonchev–Trinajstić information content (AvgIpc) is 3.17. The monoisotopic (exact) mass is 437 g/mol. The lowest BCUT2D eigenvalue weighted by Crippen LogP contribution is -2.04. The number of fused-ring (bicyclic) bond motifs is 1. The van der Waals surface area contributed by atoms with Gasteiger partial charge in [-0.1, -0.05) is 30.3 Å². The molecule has 140 valence electrons. The third-order valence-corrected chi connectivity index (χ3v) is 4.72. The molecule has 0 aliphatic carbocycles. The summed E-state index contributed by atoms with van der Waals surface area (Å²) >= 11 is 3.39. The summed E-state index contributed by atoms with van der Waals surface area (Å²) < 4.78 is 13.3. The van der Waals surface area contributed by atoms with Crippen LogP contribution < -0.4 is 4.74 Å². The maximum atomic E-state index is 12.3. The fraction of sp³-hybridized carbons (Fsp3) is 0.0952. The third kappa shape index (κ3) is 3.48. The molecular formula is C21H16BrN3O3. The lowest BCUT2D eigenvalue weighted by molar-refractivity contribution is 0.0602. The third-order valence-electron chi connectivity index (χ3n) is 4.29. The second-order valence-electron chi connectivity index (χ2n) is 6.03. The number of nitrogens with zero attached hydrogens (tertiary/aromatic N) is 3. The summed E-state index contributed by atoms with van der Waals surface area (Å²) in [7, 11) is 1.35. The van der Waals surface area contributed by atoms with Crippen LogP contribution in [0.3, 0.4) is 0 Å². The number of rotatable bonds is 5. The molecule has 0 amide bonds. The minimum atomic E-state index is -0.465. The quantitative estimate of drug-likeness (QED) is 0.339. The number of ether oxygens (including phenoxy) is 2. The molecule has 28 heavy (non-hydrogen) atoms. The average molecular weight is 438 g/mol. The Bertz CT molecular complexity index is 1140. The van der Waals surface area contributed by atoms with Gasteiger partial charge in [0.25, 0.3) is 0 Å². The van der Waals surface area contributed by atoms with Gasteiger partial charge in [-0.15, -0.1) is 0 Å². The lowest BCUT2D eigenvalue weighted by atomic mass is 10.1. The largest absolute Gasteiger partial charge is 0.487 e. The summed E-state index contributed by atoms with van der Waals surface area (Å²) in [5.74, 6) is 0.0891. The first-order chi connectivity index (χ1) is 13.7. The van der Waals surface area contributed by atoms with Gasteiger partial charge in [-0.25, -0.2) is 14.3 Å². The van der Waals surface area contributed by atoms with E-state index in [1.165, 1.54) is 13.3 Å².